The average molecular weight is 265 g/mol. The van der Waals surface area contributed by atoms with Gasteiger partial charge in [0.1, 0.15) is 0 Å². The smallest absolute Gasteiger partial charge is 0.0794 e. The maximum absolute atomic E-state index is 4.20. The van der Waals surface area contributed by atoms with Gasteiger partial charge in [0.25, 0.3) is 0 Å². The topological polar surface area (TPSA) is 28.2 Å². The number of rotatable bonds is 3. The molecule has 2 fully saturated rings. The Morgan fingerprint density at radius 2 is 2.33 bits per heavy atom. The van der Waals surface area contributed by atoms with E-state index in [2.05, 4.69) is 22.1 Å². The van der Waals surface area contributed by atoms with Crippen LogP contribution in [0.25, 0.3) is 0 Å². The fraction of sp³-hybridized carbons (Fsp3) is 0.786. The highest BCUT2D eigenvalue weighted by Crippen LogP contribution is 2.34. The molecule has 1 spiro atoms. The molecule has 1 aromatic rings. The lowest BCUT2D eigenvalue weighted by Crippen LogP contribution is -2.62. The zero-order chi connectivity index (χ0) is 12.4. The first-order valence-electron chi connectivity index (χ1n) is 7.18. The summed E-state index contributed by atoms with van der Waals surface area (Å²) in [6.07, 6.45) is 8.80. The fourth-order valence-corrected chi connectivity index (χ4v) is 4.15. The quantitative estimate of drug-likeness (QED) is 0.910. The van der Waals surface area contributed by atoms with Crippen molar-refractivity contribution in [2.75, 3.05) is 13.1 Å². The van der Waals surface area contributed by atoms with Gasteiger partial charge in [0.05, 0.1) is 5.51 Å². The average Bonchev–Trinajstić information content (AvgIpc) is 3.02. The first-order valence-corrected chi connectivity index (χ1v) is 8.06. The largest absolute Gasteiger partial charge is 0.308 e. The van der Waals surface area contributed by atoms with E-state index < -0.39 is 0 Å². The zero-order valence-corrected chi connectivity index (χ0v) is 12.0. The van der Waals surface area contributed by atoms with Crippen molar-refractivity contribution in [2.24, 2.45) is 0 Å². The molecule has 18 heavy (non-hydrogen) atoms. The monoisotopic (exact) mass is 265 g/mol. The summed E-state index contributed by atoms with van der Waals surface area (Å²) in [5, 5.41) is 3.85. The van der Waals surface area contributed by atoms with E-state index in [0.29, 0.717) is 11.6 Å². The summed E-state index contributed by atoms with van der Waals surface area (Å²) in [4.78, 5) is 8.30. The molecule has 0 amide bonds. The maximum Gasteiger partial charge on any atom is 0.0794 e. The van der Waals surface area contributed by atoms with Crippen molar-refractivity contribution in [1.29, 1.82) is 0 Å². The third-order valence-electron chi connectivity index (χ3n) is 4.61. The second-order valence-corrected chi connectivity index (χ2v) is 6.77. The summed E-state index contributed by atoms with van der Waals surface area (Å²) in [5.74, 6) is 0. The molecule has 100 valence electrons. The lowest BCUT2D eigenvalue weighted by molar-refractivity contribution is 0.0726. The molecule has 0 bridgehead atoms. The number of hydrogen-bond donors (Lipinski definition) is 1. The molecule has 1 aromatic heterocycles. The van der Waals surface area contributed by atoms with E-state index in [9.17, 15) is 0 Å². The summed E-state index contributed by atoms with van der Waals surface area (Å²) in [7, 11) is 0. The van der Waals surface area contributed by atoms with Crippen LogP contribution in [0, 0.1) is 0 Å². The van der Waals surface area contributed by atoms with E-state index in [-0.39, 0.29) is 0 Å². The molecule has 1 aliphatic carbocycles. The summed E-state index contributed by atoms with van der Waals surface area (Å²) in [6.45, 7) is 5.78. The number of piperazine rings is 1. The maximum atomic E-state index is 4.20. The lowest BCUT2D eigenvalue weighted by atomic mass is 9.91. The molecule has 1 saturated heterocycles. The van der Waals surface area contributed by atoms with Crippen molar-refractivity contribution >= 4 is 11.3 Å². The molecule has 4 heteroatoms. The van der Waals surface area contributed by atoms with E-state index in [1.165, 1.54) is 43.5 Å². The summed E-state index contributed by atoms with van der Waals surface area (Å²) >= 11 is 1.79. The predicted molar refractivity (Wildman–Crippen MR) is 75.8 cm³/mol. The second-order valence-electron chi connectivity index (χ2n) is 5.80. The normalized spacial score (nSPS) is 27.9. The number of hydrogen-bond acceptors (Lipinski definition) is 4. The zero-order valence-electron chi connectivity index (χ0n) is 11.2. The van der Waals surface area contributed by atoms with Gasteiger partial charge in [0.15, 0.2) is 0 Å². The van der Waals surface area contributed by atoms with Crippen LogP contribution < -0.4 is 5.32 Å². The van der Waals surface area contributed by atoms with Crippen molar-refractivity contribution in [3.8, 4) is 0 Å². The van der Waals surface area contributed by atoms with Crippen LogP contribution in [0.4, 0.5) is 0 Å². The van der Waals surface area contributed by atoms with Crippen LogP contribution in [0.5, 0.6) is 0 Å². The van der Waals surface area contributed by atoms with E-state index in [1.807, 2.05) is 11.7 Å². The molecule has 0 aromatic carbocycles. The molecular formula is C14H23N3S. The molecule has 3 nitrogen and oxygen atoms in total. The summed E-state index contributed by atoms with van der Waals surface area (Å²) in [5.41, 5.74) is 2.38. The van der Waals surface area contributed by atoms with Gasteiger partial charge in [-0.15, -0.1) is 11.3 Å². The molecule has 1 saturated carbocycles. The van der Waals surface area contributed by atoms with Gasteiger partial charge in [0.2, 0.25) is 0 Å². The standard InChI is InChI=1S/C14H23N3S/c1-2-12-7-16-14(5-3-4-6-14)10-17(12)9-13-8-15-11-18-13/h8,11-12,16H,2-7,9-10H2,1H3. The third kappa shape index (κ3) is 2.46. The Hall–Kier alpha value is -0.450. The van der Waals surface area contributed by atoms with Gasteiger partial charge in [0, 0.05) is 42.3 Å². The Bertz CT molecular complexity index is 370. The first-order chi connectivity index (χ1) is 8.81. The lowest BCUT2D eigenvalue weighted by Gasteiger charge is -2.46. The van der Waals surface area contributed by atoms with Gasteiger partial charge in [-0.05, 0) is 19.3 Å². The van der Waals surface area contributed by atoms with Crippen molar-refractivity contribution in [3.63, 3.8) is 0 Å². The summed E-state index contributed by atoms with van der Waals surface area (Å²) < 4.78 is 0. The molecule has 1 unspecified atom stereocenters. The highest BCUT2D eigenvalue weighted by Gasteiger charge is 2.40. The van der Waals surface area contributed by atoms with E-state index in [1.54, 1.807) is 11.3 Å². The minimum Gasteiger partial charge on any atom is -0.308 e. The molecule has 3 rings (SSSR count). The molecule has 1 atom stereocenters. The number of thiazole rings is 1. The minimum atomic E-state index is 0.427. The molecule has 2 aliphatic rings. The molecule has 1 N–H and O–H groups in total. The van der Waals surface area contributed by atoms with Gasteiger partial charge in [-0.3, -0.25) is 9.88 Å². The van der Waals surface area contributed by atoms with Crippen LogP contribution in [-0.4, -0.2) is 34.6 Å². The molecule has 2 heterocycles. The summed E-state index contributed by atoms with van der Waals surface area (Å²) in [6, 6.07) is 0.693. The predicted octanol–water partition coefficient (Wildman–Crippen LogP) is 2.64. The fourth-order valence-electron chi connectivity index (χ4n) is 3.53. The molecule has 1 aliphatic heterocycles. The van der Waals surface area contributed by atoms with Gasteiger partial charge in [-0.1, -0.05) is 19.8 Å². The van der Waals surface area contributed by atoms with E-state index in [0.717, 1.165) is 13.1 Å². The Labute approximate surface area is 114 Å². The first kappa shape index (κ1) is 12.6. The number of aromatic nitrogens is 1. The van der Waals surface area contributed by atoms with Crippen LogP contribution in [0.1, 0.15) is 43.9 Å². The van der Waals surface area contributed by atoms with Crippen LogP contribution in [-0.2, 0) is 6.54 Å². The molecular weight excluding hydrogens is 242 g/mol. The van der Waals surface area contributed by atoms with E-state index >= 15 is 0 Å². The SMILES string of the molecule is CCC1CNC2(CCCC2)CN1Cc1cncs1. The minimum absolute atomic E-state index is 0.427. The third-order valence-corrected chi connectivity index (χ3v) is 5.37. The van der Waals surface area contributed by atoms with Gasteiger partial charge >= 0.3 is 0 Å². The Morgan fingerprint density at radius 3 is 3.00 bits per heavy atom. The van der Waals surface area contributed by atoms with Gasteiger partial charge in [-0.2, -0.15) is 0 Å². The Kier molecular flexibility index (Phi) is 3.68. The van der Waals surface area contributed by atoms with Crippen LogP contribution in [0.15, 0.2) is 11.7 Å². The Morgan fingerprint density at radius 1 is 1.50 bits per heavy atom. The van der Waals surface area contributed by atoms with E-state index in [4.69, 9.17) is 0 Å². The van der Waals surface area contributed by atoms with Crippen LogP contribution in [0.3, 0.4) is 0 Å². The highest BCUT2D eigenvalue weighted by molar-refractivity contribution is 7.09. The van der Waals surface area contributed by atoms with Gasteiger partial charge in [-0.25, -0.2) is 0 Å². The van der Waals surface area contributed by atoms with Crippen molar-refractivity contribution in [1.82, 2.24) is 15.2 Å². The van der Waals surface area contributed by atoms with Crippen molar-refractivity contribution in [2.45, 2.75) is 57.2 Å². The van der Waals surface area contributed by atoms with Crippen molar-refractivity contribution < 1.29 is 0 Å². The highest BCUT2D eigenvalue weighted by atomic mass is 32.1. The van der Waals surface area contributed by atoms with Crippen LogP contribution in [0.2, 0.25) is 0 Å². The number of nitrogens with one attached hydrogen (secondary N) is 1. The Balaban J connectivity index is 1.71. The number of nitrogens with zero attached hydrogens (tertiary/aromatic N) is 2. The van der Waals surface area contributed by atoms with Crippen molar-refractivity contribution in [3.05, 3.63) is 16.6 Å². The molecule has 0 radical (unpaired) electrons. The van der Waals surface area contributed by atoms with Gasteiger partial charge < -0.3 is 5.32 Å². The van der Waals surface area contributed by atoms with Crippen LogP contribution >= 0.6 is 11.3 Å². The second kappa shape index (κ2) is 5.27.